The fraction of sp³-hybridized carbons (Fsp3) is 1.00. The van der Waals surface area contributed by atoms with Crippen molar-refractivity contribution in [1.29, 1.82) is 0 Å². The number of rotatable bonds is 2. The normalized spacial score (nSPS) is 35.8. The maximum absolute atomic E-state index is 9.58. The van der Waals surface area contributed by atoms with Crippen LogP contribution in [0.1, 0.15) is 44.9 Å². The van der Waals surface area contributed by atoms with Gasteiger partial charge in [-0.1, -0.05) is 12.8 Å². The summed E-state index contributed by atoms with van der Waals surface area (Å²) < 4.78 is 5.36. The van der Waals surface area contributed by atoms with E-state index in [1.165, 1.54) is 32.1 Å². The van der Waals surface area contributed by atoms with E-state index in [9.17, 15) is 5.11 Å². The number of aliphatic hydroxyl groups excluding tert-OH is 1. The summed E-state index contributed by atoms with van der Waals surface area (Å²) in [5.74, 6) is 1.67. The molecule has 2 aliphatic rings. The molecule has 2 fully saturated rings. The summed E-state index contributed by atoms with van der Waals surface area (Å²) in [4.78, 5) is 0. The first-order valence-corrected chi connectivity index (χ1v) is 6.10. The van der Waals surface area contributed by atoms with Crippen LogP contribution in [-0.4, -0.2) is 24.4 Å². The van der Waals surface area contributed by atoms with Crippen molar-refractivity contribution in [3.05, 3.63) is 0 Å². The topological polar surface area (TPSA) is 29.5 Å². The number of hydrogen-bond acceptors (Lipinski definition) is 2. The molecule has 0 aromatic heterocycles. The van der Waals surface area contributed by atoms with Crippen LogP contribution in [0.2, 0.25) is 0 Å². The average molecular weight is 198 g/mol. The molecule has 0 aromatic rings. The molecule has 0 aromatic carbocycles. The Balaban J connectivity index is 1.72. The quantitative estimate of drug-likeness (QED) is 0.738. The largest absolute Gasteiger partial charge is 0.393 e. The van der Waals surface area contributed by atoms with Crippen molar-refractivity contribution >= 4 is 0 Å². The third-order valence-electron chi connectivity index (χ3n) is 3.76. The molecular weight excluding hydrogens is 176 g/mol. The van der Waals surface area contributed by atoms with E-state index in [2.05, 4.69) is 0 Å². The Labute approximate surface area is 86.6 Å². The Morgan fingerprint density at radius 1 is 1.00 bits per heavy atom. The molecular formula is C12H22O2. The fourth-order valence-corrected chi connectivity index (χ4v) is 2.93. The lowest BCUT2D eigenvalue weighted by Crippen LogP contribution is -2.24. The van der Waals surface area contributed by atoms with Gasteiger partial charge in [0.2, 0.25) is 0 Å². The molecule has 1 N–H and O–H groups in total. The zero-order valence-corrected chi connectivity index (χ0v) is 8.95. The van der Waals surface area contributed by atoms with Gasteiger partial charge in [0.15, 0.2) is 0 Å². The molecule has 2 heteroatoms. The van der Waals surface area contributed by atoms with Gasteiger partial charge >= 0.3 is 0 Å². The Morgan fingerprint density at radius 3 is 2.50 bits per heavy atom. The van der Waals surface area contributed by atoms with Crippen LogP contribution in [0, 0.1) is 11.8 Å². The zero-order valence-electron chi connectivity index (χ0n) is 8.95. The van der Waals surface area contributed by atoms with Crippen molar-refractivity contribution in [1.82, 2.24) is 0 Å². The van der Waals surface area contributed by atoms with E-state index in [0.717, 1.165) is 37.9 Å². The predicted octanol–water partition coefficient (Wildman–Crippen LogP) is 2.35. The Morgan fingerprint density at radius 2 is 1.79 bits per heavy atom. The van der Waals surface area contributed by atoms with Gasteiger partial charge in [0.1, 0.15) is 0 Å². The van der Waals surface area contributed by atoms with E-state index in [0.29, 0.717) is 0 Å². The molecule has 2 nitrogen and oxygen atoms in total. The lowest BCUT2D eigenvalue weighted by atomic mass is 9.79. The average Bonchev–Trinajstić information content (AvgIpc) is 2.19. The lowest BCUT2D eigenvalue weighted by Gasteiger charge is -2.30. The predicted molar refractivity (Wildman–Crippen MR) is 56.1 cm³/mol. The summed E-state index contributed by atoms with van der Waals surface area (Å²) in [5, 5.41) is 9.58. The van der Waals surface area contributed by atoms with Crippen molar-refractivity contribution in [3.63, 3.8) is 0 Å². The standard InChI is InChI=1S/C12H22O2/c13-12-3-1-2-11(9-12)8-10-4-6-14-7-5-10/h10-13H,1-9H2. The molecule has 1 saturated carbocycles. The summed E-state index contributed by atoms with van der Waals surface area (Å²) in [7, 11) is 0. The summed E-state index contributed by atoms with van der Waals surface area (Å²) in [5.41, 5.74) is 0. The van der Waals surface area contributed by atoms with Gasteiger partial charge in [-0.3, -0.25) is 0 Å². The van der Waals surface area contributed by atoms with Crippen LogP contribution in [0.25, 0.3) is 0 Å². The van der Waals surface area contributed by atoms with Crippen LogP contribution < -0.4 is 0 Å². The minimum atomic E-state index is -0.00593. The number of hydrogen-bond donors (Lipinski definition) is 1. The van der Waals surface area contributed by atoms with E-state index >= 15 is 0 Å². The third-order valence-corrected chi connectivity index (χ3v) is 3.76. The molecule has 1 aliphatic carbocycles. The molecule has 2 atom stereocenters. The van der Waals surface area contributed by atoms with Crippen LogP contribution in [0.5, 0.6) is 0 Å². The van der Waals surface area contributed by atoms with Gasteiger partial charge < -0.3 is 9.84 Å². The summed E-state index contributed by atoms with van der Waals surface area (Å²) in [6.07, 6.45) is 8.47. The Bertz CT molecular complexity index is 164. The molecule has 0 amide bonds. The van der Waals surface area contributed by atoms with Crippen LogP contribution >= 0.6 is 0 Å². The molecule has 0 bridgehead atoms. The van der Waals surface area contributed by atoms with Crippen molar-refractivity contribution in [2.75, 3.05) is 13.2 Å². The minimum absolute atomic E-state index is 0.00593. The van der Waals surface area contributed by atoms with Gasteiger partial charge in [0.25, 0.3) is 0 Å². The molecule has 1 aliphatic heterocycles. The maximum atomic E-state index is 9.58. The van der Waals surface area contributed by atoms with Crippen LogP contribution in [-0.2, 0) is 4.74 Å². The second-order valence-corrected chi connectivity index (χ2v) is 4.98. The highest BCUT2D eigenvalue weighted by Crippen LogP contribution is 2.32. The maximum Gasteiger partial charge on any atom is 0.0542 e. The molecule has 2 unspecified atom stereocenters. The molecule has 82 valence electrons. The molecule has 1 saturated heterocycles. The van der Waals surface area contributed by atoms with E-state index in [1.54, 1.807) is 0 Å². The second kappa shape index (κ2) is 5.13. The zero-order chi connectivity index (χ0) is 9.80. The molecule has 2 rings (SSSR count). The minimum Gasteiger partial charge on any atom is -0.393 e. The van der Waals surface area contributed by atoms with Gasteiger partial charge in [0, 0.05) is 13.2 Å². The molecule has 14 heavy (non-hydrogen) atoms. The first kappa shape index (κ1) is 10.4. The molecule has 0 spiro atoms. The van der Waals surface area contributed by atoms with E-state index in [1.807, 2.05) is 0 Å². The number of aliphatic hydroxyl groups is 1. The van der Waals surface area contributed by atoms with Crippen molar-refractivity contribution in [2.45, 2.75) is 51.0 Å². The fourth-order valence-electron chi connectivity index (χ4n) is 2.93. The van der Waals surface area contributed by atoms with Gasteiger partial charge in [-0.15, -0.1) is 0 Å². The summed E-state index contributed by atoms with van der Waals surface area (Å²) in [6.45, 7) is 1.92. The monoisotopic (exact) mass is 198 g/mol. The smallest absolute Gasteiger partial charge is 0.0542 e. The first-order chi connectivity index (χ1) is 6.84. The van der Waals surface area contributed by atoms with Crippen LogP contribution in [0.3, 0.4) is 0 Å². The Hall–Kier alpha value is -0.0800. The van der Waals surface area contributed by atoms with Crippen molar-refractivity contribution in [3.8, 4) is 0 Å². The lowest BCUT2D eigenvalue weighted by molar-refractivity contribution is 0.0450. The van der Waals surface area contributed by atoms with Gasteiger partial charge in [0.05, 0.1) is 6.10 Å². The second-order valence-electron chi connectivity index (χ2n) is 4.98. The highest BCUT2D eigenvalue weighted by atomic mass is 16.5. The van der Waals surface area contributed by atoms with E-state index in [-0.39, 0.29) is 6.10 Å². The first-order valence-electron chi connectivity index (χ1n) is 6.10. The van der Waals surface area contributed by atoms with E-state index in [4.69, 9.17) is 4.74 Å². The van der Waals surface area contributed by atoms with Gasteiger partial charge in [-0.05, 0) is 43.9 Å². The van der Waals surface area contributed by atoms with Gasteiger partial charge in [-0.2, -0.15) is 0 Å². The number of ether oxygens (including phenoxy) is 1. The van der Waals surface area contributed by atoms with Crippen molar-refractivity contribution in [2.24, 2.45) is 11.8 Å². The molecule has 1 heterocycles. The SMILES string of the molecule is OC1CCCC(CC2CCOCC2)C1. The summed E-state index contributed by atoms with van der Waals surface area (Å²) >= 11 is 0. The van der Waals surface area contributed by atoms with Crippen LogP contribution in [0.4, 0.5) is 0 Å². The van der Waals surface area contributed by atoms with Gasteiger partial charge in [-0.25, -0.2) is 0 Å². The van der Waals surface area contributed by atoms with Crippen molar-refractivity contribution < 1.29 is 9.84 Å². The highest BCUT2D eigenvalue weighted by Gasteiger charge is 2.24. The third kappa shape index (κ3) is 2.96. The van der Waals surface area contributed by atoms with E-state index < -0.39 is 0 Å². The van der Waals surface area contributed by atoms with Crippen LogP contribution in [0.15, 0.2) is 0 Å². The Kier molecular flexibility index (Phi) is 3.82. The molecule has 0 radical (unpaired) electrons. The summed E-state index contributed by atoms with van der Waals surface area (Å²) in [6, 6.07) is 0. The highest BCUT2D eigenvalue weighted by molar-refractivity contribution is 4.76.